The Morgan fingerprint density at radius 2 is 1.22 bits per heavy atom. The summed E-state index contributed by atoms with van der Waals surface area (Å²) in [4.78, 5) is 0. The number of hydrogen-bond acceptors (Lipinski definition) is 6. The van der Waals surface area contributed by atoms with Crippen LogP contribution in [0.1, 0.15) is 35.4 Å². The predicted molar refractivity (Wildman–Crippen MR) is 158 cm³/mol. The average molecular weight is 721 g/mol. The van der Waals surface area contributed by atoms with E-state index in [9.17, 15) is 48.3 Å². The summed E-state index contributed by atoms with van der Waals surface area (Å²) in [6.07, 6.45) is -0.895. The van der Waals surface area contributed by atoms with Crippen LogP contribution in [0.4, 0.5) is 37.7 Å². The van der Waals surface area contributed by atoms with Crippen molar-refractivity contribution in [3.8, 4) is 0 Å². The standard InChI is InChI=1S/C27H25Cl2F6N3O5S2/c28-20-6-1-17(2-7-20)24(18-3-8-21(29)9-4-18)19-5-10-22(37-44(40,41)26(30,31)32)23(15-19)36-16-25(39)11-13-38(14-12-25)45(42,43)27(33,34)35/h1-10,15,24,36-37,39H,11-14,16H2. The molecule has 1 saturated heterocycles. The second-order valence-corrected chi connectivity index (χ2v) is 14.8. The van der Waals surface area contributed by atoms with Gasteiger partial charge in [0.25, 0.3) is 0 Å². The summed E-state index contributed by atoms with van der Waals surface area (Å²) in [7, 11) is -11.5. The highest BCUT2D eigenvalue weighted by Crippen LogP contribution is 2.38. The van der Waals surface area contributed by atoms with Crippen molar-refractivity contribution < 1.29 is 48.3 Å². The van der Waals surface area contributed by atoms with Crippen LogP contribution >= 0.6 is 23.2 Å². The van der Waals surface area contributed by atoms with Crippen LogP contribution in [-0.4, -0.2) is 62.5 Å². The lowest BCUT2D eigenvalue weighted by molar-refractivity contribution is -0.0535. The molecule has 3 aromatic carbocycles. The van der Waals surface area contributed by atoms with Crippen molar-refractivity contribution in [3.05, 3.63) is 93.5 Å². The van der Waals surface area contributed by atoms with E-state index in [2.05, 4.69) is 5.32 Å². The zero-order chi connectivity index (χ0) is 33.4. The first-order valence-electron chi connectivity index (χ1n) is 13.0. The highest BCUT2D eigenvalue weighted by molar-refractivity contribution is 7.93. The Kier molecular flexibility index (Phi) is 9.98. The molecule has 0 bridgehead atoms. The molecule has 8 nitrogen and oxygen atoms in total. The van der Waals surface area contributed by atoms with Crippen molar-refractivity contribution in [2.75, 3.05) is 29.7 Å². The fourth-order valence-corrected chi connectivity index (χ4v) is 6.58. The van der Waals surface area contributed by atoms with Gasteiger partial charge >= 0.3 is 31.1 Å². The van der Waals surface area contributed by atoms with Crippen LogP contribution in [0.2, 0.25) is 10.0 Å². The van der Waals surface area contributed by atoms with Gasteiger partial charge in [0.2, 0.25) is 0 Å². The topological polar surface area (TPSA) is 116 Å². The Labute approximate surface area is 265 Å². The smallest absolute Gasteiger partial charge is 0.388 e. The molecule has 3 N–H and O–H groups in total. The molecule has 0 spiro atoms. The number of hydrogen-bond donors (Lipinski definition) is 3. The van der Waals surface area contributed by atoms with E-state index >= 15 is 0 Å². The number of rotatable bonds is 9. The maximum Gasteiger partial charge on any atom is 0.516 e. The van der Waals surface area contributed by atoms with Crippen LogP contribution in [-0.2, 0) is 20.0 Å². The Balaban J connectivity index is 1.70. The van der Waals surface area contributed by atoms with Crippen molar-refractivity contribution in [2.45, 2.75) is 35.4 Å². The van der Waals surface area contributed by atoms with Gasteiger partial charge < -0.3 is 10.4 Å². The van der Waals surface area contributed by atoms with Gasteiger partial charge in [0.1, 0.15) is 0 Å². The number of alkyl halides is 6. The third-order valence-electron chi connectivity index (χ3n) is 7.23. The summed E-state index contributed by atoms with van der Waals surface area (Å²) in [6, 6.07) is 17.3. The summed E-state index contributed by atoms with van der Waals surface area (Å²) in [5, 5.41) is 14.7. The molecule has 4 rings (SSSR count). The molecule has 0 unspecified atom stereocenters. The van der Waals surface area contributed by atoms with Crippen molar-refractivity contribution in [2.24, 2.45) is 0 Å². The molecule has 3 aromatic rings. The van der Waals surface area contributed by atoms with Gasteiger partial charge in [-0.05, 0) is 65.9 Å². The second kappa shape index (κ2) is 12.8. The molecule has 0 aliphatic carbocycles. The third kappa shape index (κ3) is 7.97. The Morgan fingerprint density at radius 3 is 1.67 bits per heavy atom. The zero-order valence-corrected chi connectivity index (χ0v) is 26.0. The number of aliphatic hydroxyl groups is 1. The maximum absolute atomic E-state index is 13.3. The number of piperidine rings is 1. The number of anilines is 2. The van der Waals surface area contributed by atoms with Crippen molar-refractivity contribution in [3.63, 3.8) is 0 Å². The molecule has 0 saturated carbocycles. The largest absolute Gasteiger partial charge is 0.516 e. The van der Waals surface area contributed by atoms with Gasteiger partial charge in [-0.15, -0.1) is 0 Å². The van der Waals surface area contributed by atoms with Gasteiger partial charge in [-0.2, -0.15) is 39.1 Å². The molecular weight excluding hydrogens is 695 g/mol. The molecule has 0 amide bonds. The number of nitrogens with one attached hydrogen (secondary N) is 2. The Morgan fingerprint density at radius 1 is 0.756 bits per heavy atom. The van der Waals surface area contributed by atoms with E-state index in [0.29, 0.717) is 26.7 Å². The van der Waals surface area contributed by atoms with Crippen LogP contribution in [0.3, 0.4) is 0 Å². The molecule has 1 fully saturated rings. The number of halogens is 8. The zero-order valence-electron chi connectivity index (χ0n) is 22.8. The second-order valence-electron chi connectivity index (χ2n) is 10.3. The number of nitrogens with zero attached hydrogens (tertiary/aromatic N) is 1. The summed E-state index contributed by atoms with van der Waals surface area (Å²) in [6.45, 7) is -1.82. The Hall–Kier alpha value is -2.76. The highest BCUT2D eigenvalue weighted by Gasteiger charge is 2.52. The van der Waals surface area contributed by atoms with E-state index in [1.165, 1.54) is 16.9 Å². The minimum absolute atomic E-state index is 0.188. The molecule has 246 valence electrons. The van der Waals surface area contributed by atoms with E-state index < -0.39 is 80.7 Å². The molecule has 0 radical (unpaired) electrons. The van der Waals surface area contributed by atoms with E-state index in [0.717, 1.165) is 6.07 Å². The molecule has 1 aliphatic rings. The van der Waals surface area contributed by atoms with E-state index in [-0.39, 0.29) is 9.99 Å². The van der Waals surface area contributed by atoms with E-state index in [4.69, 9.17) is 23.2 Å². The molecule has 1 heterocycles. The van der Waals surface area contributed by atoms with Crippen molar-refractivity contribution in [1.29, 1.82) is 0 Å². The van der Waals surface area contributed by atoms with Crippen LogP contribution < -0.4 is 10.0 Å². The van der Waals surface area contributed by atoms with Gasteiger partial charge in [0.05, 0.1) is 17.0 Å². The Bertz CT molecular complexity index is 1680. The first-order valence-corrected chi connectivity index (χ1v) is 16.7. The lowest BCUT2D eigenvalue weighted by Gasteiger charge is -2.38. The van der Waals surface area contributed by atoms with Gasteiger partial charge in [-0.3, -0.25) is 4.72 Å². The fourth-order valence-electron chi connectivity index (χ4n) is 4.79. The van der Waals surface area contributed by atoms with Gasteiger partial charge in [-0.25, -0.2) is 8.42 Å². The van der Waals surface area contributed by atoms with Crippen LogP contribution in [0.15, 0.2) is 66.7 Å². The van der Waals surface area contributed by atoms with Crippen molar-refractivity contribution >= 4 is 54.6 Å². The van der Waals surface area contributed by atoms with Gasteiger partial charge in [0.15, 0.2) is 0 Å². The van der Waals surface area contributed by atoms with Crippen molar-refractivity contribution in [1.82, 2.24) is 4.31 Å². The lowest BCUT2D eigenvalue weighted by atomic mass is 9.85. The monoisotopic (exact) mass is 719 g/mol. The summed E-state index contributed by atoms with van der Waals surface area (Å²) < 4.78 is 128. The first-order chi connectivity index (χ1) is 20.7. The lowest BCUT2D eigenvalue weighted by Crippen LogP contribution is -2.52. The summed E-state index contributed by atoms with van der Waals surface area (Å²) in [5.74, 6) is -0.563. The summed E-state index contributed by atoms with van der Waals surface area (Å²) >= 11 is 12.1. The molecule has 18 heteroatoms. The average Bonchev–Trinajstić information content (AvgIpc) is 2.94. The van der Waals surface area contributed by atoms with Gasteiger partial charge in [-0.1, -0.05) is 53.5 Å². The number of sulfonamides is 2. The third-order valence-corrected chi connectivity index (χ3v) is 10.5. The van der Waals surface area contributed by atoms with Gasteiger partial charge in [0, 0.05) is 35.6 Å². The fraction of sp³-hybridized carbons (Fsp3) is 0.333. The normalized spacial score (nSPS) is 16.5. The van der Waals surface area contributed by atoms with Crippen LogP contribution in [0, 0.1) is 0 Å². The minimum atomic E-state index is -5.88. The highest BCUT2D eigenvalue weighted by atomic mass is 35.5. The van der Waals surface area contributed by atoms with E-state index in [1.54, 1.807) is 48.5 Å². The molecule has 0 atom stereocenters. The number of benzene rings is 3. The van der Waals surface area contributed by atoms with Crippen LogP contribution in [0.25, 0.3) is 0 Å². The maximum atomic E-state index is 13.3. The van der Waals surface area contributed by atoms with E-state index in [1.807, 2.05) is 0 Å². The summed E-state index contributed by atoms with van der Waals surface area (Å²) in [5.41, 5.74) is -11.8. The SMILES string of the molecule is O=S(=O)(Nc1ccc(C(c2ccc(Cl)cc2)c2ccc(Cl)cc2)cc1NCC1(O)CCN(S(=O)(=O)C(F)(F)F)CC1)C(F)(F)F. The minimum Gasteiger partial charge on any atom is -0.388 e. The predicted octanol–water partition coefficient (Wildman–Crippen LogP) is 6.52. The van der Waals surface area contributed by atoms with Crippen LogP contribution in [0.5, 0.6) is 0 Å². The first kappa shape index (κ1) is 35.1. The quantitative estimate of drug-likeness (QED) is 0.171. The molecule has 1 aliphatic heterocycles. The molecule has 45 heavy (non-hydrogen) atoms. The molecule has 0 aromatic heterocycles. The molecular formula is C27H25Cl2F6N3O5S2.